The van der Waals surface area contributed by atoms with Gasteiger partial charge in [0.1, 0.15) is 5.69 Å². The summed E-state index contributed by atoms with van der Waals surface area (Å²) in [5, 5.41) is 6.81. The molecular formula is C29H28F3N7O. The molecular weight excluding hydrogens is 519 g/mol. The Labute approximate surface area is 229 Å². The number of halogens is 3. The van der Waals surface area contributed by atoms with Crippen LogP contribution in [0.1, 0.15) is 44.9 Å². The Kier molecular flexibility index (Phi) is 7.82. The van der Waals surface area contributed by atoms with Crippen LogP contribution in [0.25, 0.3) is 5.65 Å². The number of anilines is 1. The maximum atomic E-state index is 14.0. The monoisotopic (exact) mass is 547 g/mol. The van der Waals surface area contributed by atoms with Crippen LogP contribution in [0, 0.1) is 18.8 Å². The number of nitrogens with one attached hydrogen (secondary N) is 1. The van der Waals surface area contributed by atoms with Crippen molar-refractivity contribution in [2.45, 2.75) is 26.1 Å². The van der Waals surface area contributed by atoms with Gasteiger partial charge < -0.3 is 10.2 Å². The first-order valence-corrected chi connectivity index (χ1v) is 12.9. The second-order valence-corrected chi connectivity index (χ2v) is 9.80. The predicted molar refractivity (Wildman–Crippen MR) is 145 cm³/mol. The lowest BCUT2D eigenvalue weighted by atomic mass is 10.0. The Bertz CT molecular complexity index is 1600. The molecule has 0 saturated carbocycles. The number of fused-ring (bicyclic) bond motifs is 1. The van der Waals surface area contributed by atoms with E-state index in [1.165, 1.54) is 18.3 Å². The number of alkyl halides is 3. The summed E-state index contributed by atoms with van der Waals surface area (Å²) in [6.45, 7) is 5.12. The summed E-state index contributed by atoms with van der Waals surface area (Å²) >= 11 is 0. The lowest BCUT2D eigenvalue weighted by molar-refractivity contribution is -0.138. The van der Waals surface area contributed by atoms with Crippen LogP contribution in [-0.2, 0) is 12.7 Å². The molecule has 1 aliphatic rings. The molecule has 0 radical (unpaired) electrons. The topological polar surface area (TPSA) is 78.7 Å². The largest absolute Gasteiger partial charge is 0.416 e. The highest BCUT2D eigenvalue weighted by Crippen LogP contribution is 2.34. The second kappa shape index (κ2) is 11.5. The third kappa shape index (κ3) is 6.30. The van der Waals surface area contributed by atoms with Gasteiger partial charge in [-0.15, -0.1) is 0 Å². The van der Waals surface area contributed by atoms with Gasteiger partial charge in [-0.2, -0.15) is 18.3 Å². The summed E-state index contributed by atoms with van der Waals surface area (Å²) in [4.78, 5) is 25.7. The fraction of sp³-hybridized carbons (Fsp3) is 0.310. The minimum atomic E-state index is -4.56. The number of rotatable bonds is 4. The highest BCUT2D eigenvalue weighted by molar-refractivity contribution is 6.04. The zero-order valence-electron chi connectivity index (χ0n) is 22.2. The molecule has 1 aromatic carbocycles. The zero-order valence-corrected chi connectivity index (χ0v) is 22.2. The van der Waals surface area contributed by atoms with Gasteiger partial charge in [-0.05, 0) is 75.3 Å². The lowest BCUT2D eigenvalue weighted by Gasteiger charge is -2.23. The first-order valence-electron chi connectivity index (χ1n) is 12.9. The maximum Gasteiger partial charge on any atom is 0.416 e. The SMILES string of the molecule is Cc1ncc(C(=O)Nc2ccc(CN3CCCN(C)CC3)c(C(F)(F)F)c2)cc1C#Cc1cnc2cccnn12. The standard InChI is InChI=1S/C29H28F3N7O/c1-20-21(7-9-25-18-34-27-5-3-10-35-39(25)27)15-23(17-33-20)28(40)36-24-8-6-22(26(16-24)29(30,31)32)19-38-12-4-11-37(2)13-14-38/h3,5-6,8,10,15-18H,4,11-14,19H2,1-2H3,(H,36,40). The highest BCUT2D eigenvalue weighted by atomic mass is 19.4. The van der Waals surface area contributed by atoms with Crippen molar-refractivity contribution in [2.24, 2.45) is 0 Å². The van der Waals surface area contributed by atoms with Crippen LogP contribution in [0.2, 0.25) is 0 Å². The molecule has 11 heteroatoms. The molecule has 1 fully saturated rings. The molecule has 0 spiro atoms. The zero-order chi connectivity index (χ0) is 28.3. The van der Waals surface area contributed by atoms with Crippen molar-refractivity contribution in [3.63, 3.8) is 0 Å². The summed E-state index contributed by atoms with van der Waals surface area (Å²) in [5.74, 6) is 5.41. The van der Waals surface area contributed by atoms with E-state index in [4.69, 9.17) is 0 Å². The molecule has 0 atom stereocenters. The number of likely N-dealkylation sites (N-methyl/N-ethyl adjacent to an activating group) is 1. The third-order valence-corrected chi connectivity index (χ3v) is 6.83. The summed E-state index contributed by atoms with van der Waals surface area (Å²) in [6.07, 6.45) is 0.948. The molecule has 1 aliphatic heterocycles. The van der Waals surface area contributed by atoms with E-state index in [0.29, 0.717) is 29.1 Å². The number of nitrogens with zero attached hydrogens (tertiary/aromatic N) is 6. The molecule has 40 heavy (non-hydrogen) atoms. The average Bonchev–Trinajstić information content (AvgIpc) is 3.23. The van der Waals surface area contributed by atoms with Crippen LogP contribution in [0.4, 0.5) is 18.9 Å². The maximum absolute atomic E-state index is 14.0. The van der Waals surface area contributed by atoms with E-state index in [-0.39, 0.29) is 23.4 Å². The number of hydrogen-bond donors (Lipinski definition) is 1. The van der Waals surface area contributed by atoms with Crippen molar-refractivity contribution in [1.29, 1.82) is 0 Å². The van der Waals surface area contributed by atoms with Crippen LogP contribution in [-0.4, -0.2) is 68.5 Å². The Hall–Kier alpha value is -4.27. The van der Waals surface area contributed by atoms with Gasteiger partial charge in [0.25, 0.3) is 5.91 Å². The minimum Gasteiger partial charge on any atom is -0.322 e. The van der Waals surface area contributed by atoms with E-state index in [9.17, 15) is 18.0 Å². The fourth-order valence-corrected chi connectivity index (χ4v) is 4.59. The summed E-state index contributed by atoms with van der Waals surface area (Å²) in [6, 6.07) is 9.09. The van der Waals surface area contributed by atoms with Crippen molar-refractivity contribution < 1.29 is 18.0 Å². The summed E-state index contributed by atoms with van der Waals surface area (Å²) in [5.41, 5.74) is 2.00. The number of aromatic nitrogens is 4. The summed E-state index contributed by atoms with van der Waals surface area (Å²) < 4.78 is 43.6. The molecule has 1 saturated heterocycles. The van der Waals surface area contributed by atoms with Gasteiger partial charge in [-0.25, -0.2) is 9.50 Å². The molecule has 4 aromatic rings. The molecule has 4 heterocycles. The lowest BCUT2D eigenvalue weighted by Crippen LogP contribution is -2.29. The number of aryl methyl sites for hydroxylation is 1. The van der Waals surface area contributed by atoms with Gasteiger partial charge >= 0.3 is 6.18 Å². The normalized spacial score (nSPS) is 14.9. The van der Waals surface area contributed by atoms with E-state index in [2.05, 4.69) is 37.1 Å². The van der Waals surface area contributed by atoms with Crippen molar-refractivity contribution in [2.75, 3.05) is 38.5 Å². The molecule has 0 bridgehead atoms. The van der Waals surface area contributed by atoms with Gasteiger partial charge in [0, 0.05) is 43.3 Å². The Morgan fingerprint density at radius 1 is 1.05 bits per heavy atom. The summed E-state index contributed by atoms with van der Waals surface area (Å²) in [7, 11) is 2.01. The number of benzene rings is 1. The number of pyridine rings is 1. The second-order valence-electron chi connectivity index (χ2n) is 9.80. The van der Waals surface area contributed by atoms with Crippen molar-refractivity contribution >= 4 is 17.2 Å². The van der Waals surface area contributed by atoms with E-state index >= 15 is 0 Å². The minimum absolute atomic E-state index is 0.0571. The number of hydrogen-bond acceptors (Lipinski definition) is 6. The van der Waals surface area contributed by atoms with Gasteiger partial charge in [0.05, 0.1) is 23.0 Å². The Morgan fingerprint density at radius 2 is 1.90 bits per heavy atom. The van der Waals surface area contributed by atoms with Crippen LogP contribution in [0.5, 0.6) is 0 Å². The van der Waals surface area contributed by atoms with Gasteiger partial charge in [0.15, 0.2) is 5.65 Å². The first kappa shape index (κ1) is 27.3. The fourth-order valence-electron chi connectivity index (χ4n) is 4.59. The Balaban J connectivity index is 1.35. The first-order chi connectivity index (χ1) is 19.2. The van der Waals surface area contributed by atoms with Gasteiger partial charge in [0.2, 0.25) is 0 Å². The van der Waals surface area contributed by atoms with E-state index in [1.807, 2.05) is 11.9 Å². The van der Waals surface area contributed by atoms with Crippen LogP contribution in [0.3, 0.4) is 0 Å². The highest BCUT2D eigenvalue weighted by Gasteiger charge is 2.34. The van der Waals surface area contributed by atoms with Crippen molar-refractivity contribution in [1.82, 2.24) is 29.4 Å². The van der Waals surface area contributed by atoms with Gasteiger partial charge in [-0.3, -0.25) is 14.7 Å². The number of carbonyl (C=O) groups excluding carboxylic acids is 1. The quantitative estimate of drug-likeness (QED) is 0.385. The van der Waals surface area contributed by atoms with E-state index in [0.717, 1.165) is 32.1 Å². The number of carbonyl (C=O) groups is 1. The molecule has 8 nitrogen and oxygen atoms in total. The molecule has 0 aliphatic carbocycles. The van der Waals surface area contributed by atoms with Crippen LogP contribution >= 0.6 is 0 Å². The molecule has 206 valence electrons. The predicted octanol–water partition coefficient (Wildman–Crippen LogP) is 4.24. The van der Waals surface area contributed by atoms with E-state index < -0.39 is 17.6 Å². The molecule has 5 rings (SSSR count). The van der Waals surface area contributed by atoms with E-state index in [1.54, 1.807) is 42.0 Å². The molecule has 0 unspecified atom stereocenters. The van der Waals surface area contributed by atoms with Crippen molar-refractivity contribution in [3.8, 4) is 11.8 Å². The third-order valence-electron chi connectivity index (χ3n) is 6.83. The molecule has 1 N–H and O–H groups in total. The average molecular weight is 548 g/mol. The molecule has 3 aromatic heterocycles. The number of imidazole rings is 1. The Morgan fingerprint density at radius 3 is 2.73 bits per heavy atom. The van der Waals surface area contributed by atoms with Gasteiger partial charge in [-0.1, -0.05) is 12.0 Å². The smallest absolute Gasteiger partial charge is 0.322 e. The van der Waals surface area contributed by atoms with Crippen LogP contribution < -0.4 is 5.32 Å². The van der Waals surface area contributed by atoms with Crippen LogP contribution in [0.15, 0.2) is 55.0 Å². The number of amides is 1. The van der Waals surface area contributed by atoms with Crippen molar-refractivity contribution in [3.05, 3.63) is 88.6 Å². The molecule has 1 amide bonds.